The number of hydrogen-bond acceptors (Lipinski definition) is 8. The zero-order valence-electron chi connectivity index (χ0n) is 18.2. The van der Waals surface area contributed by atoms with Crippen LogP contribution in [-0.4, -0.2) is 39.1 Å². The molecule has 3 aromatic rings. The summed E-state index contributed by atoms with van der Waals surface area (Å²) in [4.78, 5) is 4.67. The molecule has 8 heteroatoms. The van der Waals surface area contributed by atoms with Crippen LogP contribution in [0, 0.1) is 6.92 Å². The van der Waals surface area contributed by atoms with Gasteiger partial charge >= 0.3 is 0 Å². The van der Waals surface area contributed by atoms with E-state index in [0.29, 0.717) is 23.7 Å². The predicted octanol–water partition coefficient (Wildman–Crippen LogP) is 4.84. The van der Waals surface area contributed by atoms with Crippen molar-refractivity contribution in [2.75, 3.05) is 33.4 Å². The third kappa shape index (κ3) is 4.03. The maximum atomic E-state index is 5.57. The lowest BCUT2D eigenvalue weighted by Crippen LogP contribution is -2.18. The lowest BCUT2D eigenvalue weighted by atomic mass is 9.98. The van der Waals surface area contributed by atoms with Crippen molar-refractivity contribution in [2.24, 2.45) is 5.10 Å². The molecular formula is C23H25N3O4S. The van der Waals surface area contributed by atoms with Crippen LogP contribution in [0.4, 0.5) is 5.13 Å². The number of aryl methyl sites for hydroxylation is 1. The average molecular weight is 440 g/mol. The molecule has 0 fully saturated rings. The predicted molar refractivity (Wildman–Crippen MR) is 122 cm³/mol. The largest absolute Gasteiger partial charge is 0.497 e. The monoisotopic (exact) mass is 439 g/mol. The Balaban J connectivity index is 1.77. The Hall–Kier alpha value is -3.26. The first-order chi connectivity index (χ1) is 15.1. The molecule has 162 valence electrons. The third-order valence-corrected chi connectivity index (χ3v) is 6.16. The van der Waals surface area contributed by atoms with Crippen LogP contribution >= 0.6 is 11.3 Å². The topological polar surface area (TPSA) is 65.4 Å². The van der Waals surface area contributed by atoms with Crippen LogP contribution in [0.25, 0.3) is 0 Å². The van der Waals surface area contributed by atoms with Gasteiger partial charge in [-0.2, -0.15) is 5.10 Å². The van der Waals surface area contributed by atoms with Crippen molar-refractivity contribution in [3.63, 3.8) is 0 Å². The Morgan fingerprint density at radius 2 is 1.61 bits per heavy atom. The number of rotatable bonds is 7. The Kier molecular flexibility index (Phi) is 5.99. The maximum Gasteiger partial charge on any atom is 0.206 e. The van der Waals surface area contributed by atoms with E-state index in [9.17, 15) is 0 Å². The van der Waals surface area contributed by atoms with Crippen LogP contribution in [0.15, 0.2) is 46.9 Å². The molecule has 7 nitrogen and oxygen atoms in total. The molecule has 0 spiro atoms. The van der Waals surface area contributed by atoms with E-state index in [1.165, 1.54) is 0 Å². The molecule has 0 radical (unpaired) electrons. The molecule has 1 atom stereocenters. The zero-order chi connectivity index (χ0) is 22.0. The van der Waals surface area contributed by atoms with E-state index in [4.69, 9.17) is 24.0 Å². The molecule has 0 saturated carbocycles. The van der Waals surface area contributed by atoms with Crippen molar-refractivity contribution >= 4 is 22.2 Å². The standard InChI is InChI=1S/C23H25N3O4S/c1-14-13-31-23(24-14)26-19(12-18(25-26)15-6-8-17(27-2)9-7-15)16-10-20(28-3)22(30-5)21(11-16)29-4/h6-11,13,19H,12H2,1-5H3. The number of thiazole rings is 1. The molecule has 31 heavy (non-hydrogen) atoms. The summed E-state index contributed by atoms with van der Waals surface area (Å²) in [5.74, 6) is 2.62. The van der Waals surface area contributed by atoms with Gasteiger partial charge in [0.15, 0.2) is 11.5 Å². The zero-order valence-corrected chi connectivity index (χ0v) is 19.0. The molecule has 1 unspecified atom stereocenters. The van der Waals surface area contributed by atoms with Crippen molar-refractivity contribution in [2.45, 2.75) is 19.4 Å². The molecule has 2 aromatic carbocycles. The van der Waals surface area contributed by atoms with Crippen molar-refractivity contribution in [1.29, 1.82) is 0 Å². The summed E-state index contributed by atoms with van der Waals surface area (Å²) in [5.41, 5.74) is 4.01. The van der Waals surface area contributed by atoms with Gasteiger partial charge in [-0.05, 0) is 54.4 Å². The number of hydrazone groups is 1. The first-order valence-corrected chi connectivity index (χ1v) is 10.7. The Morgan fingerprint density at radius 3 is 2.13 bits per heavy atom. The fourth-order valence-electron chi connectivity index (χ4n) is 3.64. The number of methoxy groups -OCH3 is 4. The second-order valence-electron chi connectivity index (χ2n) is 7.07. The molecule has 0 saturated heterocycles. The van der Waals surface area contributed by atoms with Gasteiger partial charge in [0, 0.05) is 11.8 Å². The molecule has 1 aromatic heterocycles. The second-order valence-corrected chi connectivity index (χ2v) is 7.91. The molecule has 1 aliphatic heterocycles. The average Bonchev–Trinajstić information content (AvgIpc) is 3.44. The van der Waals surface area contributed by atoms with E-state index in [2.05, 4.69) is 4.98 Å². The Bertz CT molecular complexity index is 1070. The number of aromatic nitrogens is 1. The highest BCUT2D eigenvalue weighted by Gasteiger charge is 2.33. The third-order valence-electron chi connectivity index (χ3n) is 5.21. The van der Waals surface area contributed by atoms with Crippen LogP contribution in [0.1, 0.15) is 29.3 Å². The lowest BCUT2D eigenvalue weighted by molar-refractivity contribution is 0.323. The van der Waals surface area contributed by atoms with Crippen LogP contribution in [0.2, 0.25) is 0 Å². The van der Waals surface area contributed by atoms with Crippen LogP contribution in [-0.2, 0) is 0 Å². The fraction of sp³-hybridized carbons (Fsp3) is 0.304. The van der Waals surface area contributed by atoms with E-state index in [1.807, 2.05) is 53.7 Å². The minimum Gasteiger partial charge on any atom is -0.497 e. The van der Waals surface area contributed by atoms with Crippen molar-refractivity contribution in [1.82, 2.24) is 4.98 Å². The quantitative estimate of drug-likeness (QED) is 0.525. The van der Waals surface area contributed by atoms with Gasteiger partial charge in [-0.1, -0.05) is 0 Å². The van der Waals surface area contributed by atoms with Gasteiger partial charge in [0.1, 0.15) is 5.75 Å². The number of benzene rings is 2. The van der Waals surface area contributed by atoms with Gasteiger partial charge in [0.2, 0.25) is 10.9 Å². The first kappa shape index (κ1) is 21.0. The van der Waals surface area contributed by atoms with Crippen molar-refractivity contribution in [3.05, 3.63) is 58.6 Å². The summed E-state index contributed by atoms with van der Waals surface area (Å²) >= 11 is 1.58. The highest BCUT2D eigenvalue weighted by molar-refractivity contribution is 7.13. The second kappa shape index (κ2) is 8.85. The van der Waals surface area contributed by atoms with Crippen LogP contribution in [0.3, 0.4) is 0 Å². The molecule has 0 aliphatic carbocycles. The van der Waals surface area contributed by atoms with E-state index >= 15 is 0 Å². The summed E-state index contributed by atoms with van der Waals surface area (Å²) in [7, 11) is 6.51. The number of ether oxygens (including phenoxy) is 4. The van der Waals surface area contributed by atoms with E-state index < -0.39 is 0 Å². The van der Waals surface area contributed by atoms with Gasteiger partial charge < -0.3 is 18.9 Å². The van der Waals surface area contributed by atoms with Crippen LogP contribution < -0.4 is 24.0 Å². The smallest absolute Gasteiger partial charge is 0.206 e. The Labute approximate surface area is 185 Å². The van der Waals surface area contributed by atoms with Gasteiger partial charge in [-0.3, -0.25) is 0 Å². The van der Waals surface area contributed by atoms with E-state index in [0.717, 1.165) is 33.4 Å². The van der Waals surface area contributed by atoms with E-state index in [1.54, 1.807) is 39.8 Å². The van der Waals surface area contributed by atoms with Gasteiger partial charge in [0.25, 0.3) is 0 Å². The van der Waals surface area contributed by atoms with Gasteiger partial charge in [-0.15, -0.1) is 11.3 Å². The number of hydrogen-bond donors (Lipinski definition) is 0. The van der Waals surface area contributed by atoms with Crippen LogP contribution in [0.5, 0.6) is 23.0 Å². The first-order valence-electron chi connectivity index (χ1n) is 9.81. The minimum atomic E-state index is -0.0589. The maximum absolute atomic E-state index is 5.57. The van der Waals surface area contributed by atoms with Gasteiger partial charge in [-0.25, -0.2) is 9.99 Å². The molecule has 0 N–H and O–H groups in total. The van der Waals surface area contributed by atoms with Crippen molar-refractivity contribution < 1.29 is 18.9 Å². The summed E-state index contributed by atoms with van der Waals surface area (Å²) in [5, 5.41) is 9.81. The van der Waals surface area contributed by atoms with Crippen molar-refractivity contribution in [3.8, 4) is 23.0 Å². The molecule has 4 rings (SSSR count). The molecule has 0 bridgehead atoms. The molecule has 0 amide bonds. The molecule has 1 aliphatic rings. The summed E-state index contributed by atoms with van der Waals surface area (Å²) in [6, 6.07) is 11.8. The minimum absolute atomic E-state index is 0.0589. The number of anilines is 1. The molecular weight excluding hydrogens is 414 g/mol. The summed E-state index contributed by atoms with van der Waals surface area (Å²) in [6.07, 6.45) is 0.712. The van der Waals surface area contributed by atoms with Gasteiger partial charge in [0.05, 0.1) is 45.9 Å². The highest BCUT2D eigenvalue weighted by Crippen LogP contribution is 2.44. The summed E-state index contributed by atoms with van der Waals surface area (Å²) < 4.78 is 21.9. The lowest BCUT2D eigenvalue weighted by Gasteiger charge is -2.23. The highest BCUT2D eigenvalue weighted by atomic mass is 32.1. The molecule has 2 heterocycles. The number of nitrogens with zero attached hydrogens (tertiary/aromatic N) is 3. The summed E-state index contributed by atoms with van der Waals surface area (Å²) in [6.45, 7) is 1.98. The Morgan fingerprint density at radius 1 is 0.935 bits per heavy atom. The normalized spacial score (nSPS) is 15.6. The SMILES string of the molecule is COc1ccc(C2=NN(c3nc(C)cs3)C(c3cc(OC)c(OC)c(OC)c3)C2)cc1. The van der Waals surface area contributed by atoms with E-state index in [-0.39, 0.29) is 6.04 Å². The fourth-order valence-corrected chi connectivity index (χ4v) is 4.45.